The van der Waals surface area contributed by atoms with Crippen molar-refractivity contribution in [2.45, 2.75) is 33.7 Å². The summed E-state index contributed by atoms with van der Waals surface area (Å²) in [5.41, 5.74) is 4.88. The predicted molar refractivity (Wildman–Crippen MR) is 103 cm³/mol. The number of rotatable bonds is 4. The topological polar surface area (TPSA) is 79.8 Å². The van der Waals surface area contributed by atoms with Crippen LogP contribution in [0.2, 0.25) is 0 Å². The van der Waals surface area contributed by atoms with Crippen LogP contribution in [0.5, 0.6) is 0 Å². The largest absolute Gasteiger partial charge is 0.329 e. The Bertz CT molecular complexity index is 924. The highest BCUT2D eigenvalue weighted by Crippen LogP contribution is 2.21. The number of carbonyl (C=O) groups excluding carboxylic acids is 1. The van der Waals surface area contributed by atoms with E-state index >= 15 is 0 Å². The highest BCUT2D eigenvalue weighted by molar-refractivity contribution is 5.92. The molecule has 1 atom stereocenters. The van der Waals surface area contributed by atoms with Gasteiger partial charge in [-0.25, -0.2) is 14.8 Å². The van der Waals surface area contributed by atoms with Crippen LogP contribution in [0.25, 0.3) is 11.0 Å². The number of benzene rings is 1. The van der Waals surface area contributed by atoms with Gasteiger partial charge in [0.1, 0.15) is 0 Å². The van der Waals surface area contributed by atoms with Gasteiger partial charge < -0.3 is 10.6 Å². The summed E-state index contributed by atoms with van der Waals surface area (Å²) in [6, 6.07) is 10.8. The maximum Gasteiger partial charge on any atom is 0.319 e. The van der Waals surface area contributed by atoms with Gasteiger partial charge >= 0.3 is 6.03 Å². The van der Waals surface area contributed by atoms with Gasteiger partial charge in [0.05, 0.1) is 34.2 Å². The number of fused-ring (bicyclic) bond motifs is 1. The third-order valence-electron chi connectivity index (χ3n) is 4.29. The maximum absolute atomic E-state index is 12.5. The molecule has 6 heteroatoms. The minimum absolute atomic E-state index is 0.165. The molecule has 2 N–H and O–H groups in total. The first-order chi connectivity index (χ1) is 12.4. The van der Waals surface area contributed by atoms with Crippen LogP contribution in [-0.4, -0.2) is 21.0 Å². The van der Waals surface area contributed by atoms with Crippen LogP contribution in [0.4, 0.5) is 10.5 Å². The molecule has 0 fully saturated rings. The van der Waals surface area contributed by atoms with Crippen LogP contribution in [0.15, 0.2) is 42.6 Å². The Kier molecular flexibility index (Phi) is 5.11. The lowest BCUT2D eigenvalue weighted by atomic mass is 10.0. The van der Waals surface area contributed by atoms with Crippen molar-refractivity contribution in [1.29, 1.82) is 0 Å². The highest BCUT2D eigenvalue weighted by atomic mass is 16.2. The van der Waals surface area contributed by atoms with Crippen molar-refractivity contribution in [3.8, 4) is 0 Å². The number of aryl methyl sites for hydroxylation is 2. The standard InChI is InChI=1S/C20H23N5O/c1-12(2)19(17-7-5-6-10-21-17)25-20(26)24-15-8-9-16-18(11-15)23-14(4)13(3)22-16/h5-12,19H,1-4H3,(H2,24,25,26)/t19-/m1/s1. The Morgan fingerprint density at radius 2 is 1.73 bits per heavy atom. The lowest BCUT2D eigenvalue weighted by molar-refractivity contribution is 0.244. The van der Waals surface area contributed by atoms with Crippen LogP contribution >= 0.6 is 0 Å². The van der Waals surface area contributed by atoms with E-state index in [9.17, 15) is 4.79 Å². The van der Waals surface area contributed by atoms with Gasteiger partial charge in [0.25, 0.3) is 0 Å². The summed E-state index contributed by atoms with van der Waals surface area (Å²) in [5.74, 6) is 0.212. The van der Waals surface area contributed by atoms with Crippen LogP contribution < -0.4 is 10.6 Å². The van der Waals surface area contributed by atoms with E-state index in [2.05, 4.69) is 39.4 Å². The Morgan fingerprint density at radius 1 is 1.00 bits per heavy atom. The molecule has 3 rings (SSSR count). The molecule has 0 bridgehead atoms. The first-order valence-corrected chi connectivity index (χ1v) is 8.67. The summed E-state index contributed by atoms with van der Waals surface area (Å²) in [6.45, 7) is 7.96. The quantitative estimate of drug-likeness (QED) is 0.741. The second kappa shape index (κ2) is 7.47. The van der Waals surface area contributed by atoms with Crippen molar-refractivity contribution in [2.75, 3.05) is 5.32 Å². The Hall–Kier alpha value is -3.02. The van der Waals surface area contributed by atoms with Crippen molar-refractivity contribution >= 4 is 22.8 Å². The Labute approximate surface area is 153 Å². The minimum Gasteiger partial charge on any atom is -0.329 e. The van der Waals surface area contributed by atoms with E-state index < -0.39 is 0 Å². The van der Waals surface area contributed by atoms with Gasteiger partial charge in [-0.3, -0.25) is 4.98 Å². The molecule has 0 saturated heterocycles. The average molecular weight is 349 g/mol. The number of pyridine rings is 1. The highest BCUT2D eigenvalue weighted by Gasteiger charge is 2.19. The van der Waals surface area contributed by atoms with Gasteiger partial charge in [-0.2, -0.15) is 0 Å². The van der Waals surface area contributed by atoms with E-state index in [-0.39, 0.29) is 18.0 Å². The number of aromatic nitrogens is 3. The number of nitrogens with zero attached hydrogens (tertiary/aromatic N) is 3. The molecule has 0 aliphatic heterocycles. The zero-order valence-electron chi connectivity index (χ0n) is 15.4. The van der Waals surface area contributed by atoms with E-state index in [4.69, 9.17) is 0 Å². The second-order valence-corrected chi connectivity index (χ2v) is 6.67. The fourth-order valence-corrected chi connectivity index (χ4v) is 2.76. The fourth-order valence-electron chi connectivity index (χ4n) is 2.76. The molecule has 3 aromatic rings. The maximum atomic E-state index is 12.5. The molecule has 0 spiro atoms. The van der Waals surface area contributed by atoms with Gasteiger partial charge in [-0.05, 0) is 50.1 Å². The van der Waals surface area contributed by atoms with Crippen LogP contribution in [0.1, 0.15) is 37.0 Å². The Balaban J connectivity index is 1.76. The van der Waals surface area contributed by atoms with E-state index in [0.29, 0.717) is 5.69 Å². The minimum atomic E-state index is -0.273. The number of urea groups is 1. The number of hydrogen-bond donors (Lipinski definition) is 2. The average Bonchev–Trinajstić information content (AvgIpc) is 2.61. The van der Waals surface area contributed by atoms with Gasteiger partial charge in [-0.1, -0.05) is 19.9 Å². The number of amides is 2. The summed E-state index contributed by atoms with van der Waals surface area (Å²) in [5, 5.41) is 5.88. The van der Waals surface area contributed by atoms with Crippen LogP contribution in [0, 0.1) is 19.8 Å². The Morgan fingerprint density at radius 3 is 2.38 bits per heavy atom. The smallest absolute Gasteiger partial charge is 0.319 e. The zero-order chi connectivity index (χ0) is 18.7. The molecule has 6 nitrogen and oxygen atoms in total. The lowest BCUT2D eigenvalue weighted by Gasteiger charge is -2.22. The SMILES string of the molecule is Cc1nc2ccc(NC(=O)N[C@@H](c3ccccn3)C(C)C)cc2nc1C. The number of nitrogens with one attached hydrogen (secondary N) is 2. The monoisotopic (exact) mass is 349 g/mol. The summed E-state index contributed by atoms with van der Waals surface area (Å²) in [7, 11) is 0. The third-order valence-corrected chi connectivity index (χ3v) is 4.29. The molecule has 134 valence electrons. The van der Waals surface area contributed by atoms with Crippen molar-refractivity contribution in [1.82, 2.24) is 20.3 Å². The molecular formula is C20H23N5O. The number of carbonyl (C=O) groups is 1. The zero-order valence-corrected chi connectivity index (χ0v) is 15.4. The van der Waals surface area contributed by atoms with Crippen LogP contribution in [0.3, 0.4) is 0 Å². The third kappa shape index (κ3) is 3.96. The van der Waals surface area contributed by atoms with E-state index in [0.717, 1.165) is 28.1 Å². The predicted octanol–water partition coefficient (Wildman–Crippen LogP) is 4.16. The molecule has 2 heterocycles. The van der Waals surface area contributed by atoms with Gasteiger partial charge in [0.2, 0.25) is 0 Å². The molecule has 0 aliphatic rings. The normalized spacial score (nSPS) is 12.2. The molecule has 2 amide bonds. The molecule has 2 aromatic heterocycles. The van der Waals surface area contributed by atoms with E-state index in [1.165, 1.54) is 0 Å². The molecule has 0 radical (unpaired) electrons. The summed E-state index contributed by atoms with van der Waals surface area (Å²) in [6.07, 6.45) is 1.73. The molecule has 1 aromatic carbocycles. The van der Waals surface area contributed by atoms with Gasteiger partial charge in [0, 0.05) is 11.9 Å². The van der Waals surface area contributed by atoms with Crippen molar-refractivity contribution in [3.05, 3.63) is 59.7 Å². The molecule has 26 heavy (non-hydrogen) atoms. The molecule has 0 unspecified atom stereocenters. The molecule has 0 aliphatic carbocycles. The summed E-state index contributed by atoms with van der Waals surface area (Å²) < 4.78 is 0. The van der Waals surface area contributed by atoms with Gasteiger partial charge in [-0.15, -0.1) is 0 Å². The lowest BCUT2D eigenvalue weighted by Crippen LogP contribution is -2.35. The summed E-state index contributed by atoms with van der Waals surface area (Å²) in [4.78, 5) is 25.9. The first-order valence-electron chi connectivity index (χ1n) is 8.67. The van der Waals surface area contributed by atoms with Crippen molar-refractivity contribution < 1.29 is 4.79 Å². The first kappa shape index (κ1) is 17.8. The molecular weight excluding hydrogens is 326 g/mol. The number of hydrogen-bond acceptors (Lipinski definition) is 4. The van der Waals surface area contributed by atoms with Crippen molar-refractivity contribution in [3.63, 3.8) is 0 Å². The molecule has 0 saturated carbocycles. The fraction of sp³-hybridized carbons (Fsp3) is 0.300. The van der Waals surface area contributed by atoms with Crippen LogP contribution in [-0.2, 0) is 0 Å². The second-order valence-electron chi connectivity index (χ2n) is 6.67. The number of anilines is 1. The summed E-state index contributed by atoms with van der Waals surface area (Å²) >= 11 is 0. The van der Waals surface area contributed by atoms with E-state index in [1.54, 1.807) is 6.20 Å². The van der Waals surface area contributed by atoms with Gasteiger partial charge in [0.15, 0.2) is 0 Å². The van der Waals surface area contributed by atoms with E-state index in [1.807, 2.05) is 50.2 Å². The van der Waals surface area contributed by atoms with Crippen molar-refractivity contribution in [2.24, 2.45) is 5.92 Å².